The molecule has 1 aliphatic heterocycles. The number of ether oxygens (including phenoxy) is 1. The van der Waals surface area contributed by atoms with Gasteiger partial charge in [-0.2, -0.15) is 0 Å². The van der Waals surface area contributed by atoms with E-state index in [1.165, 1.54) is 25.3 Å². The lowest BCUT2D eigenvalue weighted by Crippen LogP contribution is -2.60. The number of nitrogens with zero attached hydrogens (tertiary/aromatic N) is 2. The SMILES string of the molecule is CCC(C1CCCN1)N(C(=O)c1ccc(Cl)cc1OC)N(S(C)(=O)=O)S(C)(=O)=O. The van der Waals surface area contributed by atoms with Gasteiger partial charge in [0.05, 0.1) is 31.2 Å². The number of rotatable bonds is 8. The Bertz CT molecular complexity index is 929. The molecule has 1 aromatic rings. The van der Waals surface area contributed by atoms with E-state index in [0.717, 1.165) is 23.9 Å². The van der Waals surface area contributed by atoms with Gasteiger partial charge in [0.1, 0.15) is 5.75 Å². The summed E-state index contributed by atoms with van der Waals surface area (Å²) in [6.45, 7) is 2.47. The highest BCUT2D eigenvalue weighted by atomic mass is 35.5. The zero-order valence-electron chi connectivity index (χ0n) is 16.8. The number of hydrogen-bond acceptors (Lipinski definition) is 7. The molecular weight excluding hydrogens is 442 g/mol. The fourth-order valence-electron chi connectivity index (χ4n) is 3.54. The van der Waals surface area contributed by atoms with Gasteiger partial charge in [-0.3, -0.25) is 4.79 Å². The zero-order valence-corrected chi connectivity index (χ0v) is 19.1. The van der Waals surface area contributed by atoms with Gasteiger partial charge < -0.3 is 10.1 Å². The van der Waals surface area contributed by atoms with Crippen molar-refractivity contribution < 1.29 is 26.4 Å². The molecule has 164 valence electrons. The number of carbonyl (C=O) groups excluding carboxylic acids is 1. The maximum atomic E-state index is 13.5. The molecule has 1 N–H and O–H groups in total. The third-order valence-electron chi connectivity index (χ3n) is 4.64. The van der Waals surface area contributed by atoms with Crippen LogP contribution in [0.2, 0.25) is 5.02 Å². The Morgan fingerprint density at radius 3 is 2.34 bits per heavy atom. The van der Waals surface area contributed by atoms with Crippen LogP contribution >= 0.6 is 11.6 Å². The van der Waals surface area contributed by atoms with Crippen molar-refractivity contribution in [1.82, 2.24) is 14.1 Å². The van der Waals surface area contributed by atoms with Crippen LogP contribution in [0.1, 0.15) is 36.5 Å². The summed E-state index contributed by atoms with van der Waals surface area (Å²) in [5, 5.41) is 4.36. The molecule has 1 heterocycles. The number of benzene rings is 1. The lowest BCUT2D eigenvalue weighted by molar-refractivity contribution is 0.0331. The van der Waals surface area contributed by atoms with E-state index in [2.05, 4.69) is 5.32 Å². The minimum Gasteiger partial charge on any atom is -0.496 e. The average Bonchev–Trinajstić information content (AvgIpc) is 3.12. The second kappa shape index (κ2) is 9.17. The summed E-state index contributed by atoms with van der Waals surface area (Å²) < 4.78 is 55.3. The molecule has 1 amide bonds. The summed E-state index contributed by atoms with van der Waals surface area (Å²) in [6.07, 6.45) is 3.36. The predicted octanol–water partition coefficient (Wildman–Crippen LogP) is 1.46. The minimum atomic E-state index is -4.33. The van der Waals surface area contributed by atoms with Crippen LogP contribution < -0.4 is 10.1 Å². The van der Waals surface area contributed by atoms with Gasteiger partial charge in [0.25, 0.3) is 5.91 Å². The van der Waals surface area contributed by atoms with Crippen molar-refractivity contribution in [3.63, 3.8) is 0 Å². The molecule has 29 heavy (non-hydrogen) atoms. The molecule has 0 aliphatic carbocycles. The van der Waals surface area contributed by atoms with Crippen LogP contribution in [0.3, 0.4) is 0 Å². The highest BCUT2D eigenvalue weighted by molar-refractivity contribution is 8.03. The first-order valence-electron chi connectivity index (χ1n) is 9.02. The molecule has 0 bridgehead atoms. The first kappa shape index (κ1) is 23.9. The monoisotopic (exact) mass is 467 g/mol. The van der Waals surface area contributed by atoms with E-state index in [-0.39, 0.29) is 21.2 Å². The topological polar surface area (TPSA) is 113 Å². The first-order chi connectivity index (χ1) is 13.4. The maximum absolute atomic E-state index is 13.5. The number of amides is 1. The van der Waals surface area contributed by atoms with Crippen LogP contribution in [0.25, 0.3) is 0 Å². The van der Waals surface area contributed by atoms with Crippen molar-refractivity contribution in [2.75, 3.05) is 26.2 Å². The van der Waals surface area contributed by atoms with Crippen molar-refractivity contribution in [1.29, 1.82) is 0 Å². The molecule has 9 nitrogen and oxygen atoms in total. The maximum Gasteiger partial charge on any atom is 0.273 e. The van der Waals surface area contributed by atoms with Gasteiger partial charge in [0.2, 0.25) is 20.0 Å². The molecule has 0 radical (unpaired) electrons. The number of halogens is 1. The van der Waals surface area contributed by atoms with Gasteiger partial charge in [0.15, 0.2) is 0 Å². The van der Waals surface area contributed by atoms with Gasteiger partial charge in [-0.1, -0.05) is 18.5 Å². The Morgan fingerprint density at radius 2 is 1.90 bits per heavy atom. The molecule has 2 unspecified atom stereocenters. The van der Waals surface area contributed by atoms with Crippen molar-refractivity contribution in [3.05, 3.63) is 28.8 Å². The molecular formula is C17H26ClN3O6S2. The number of hydrogen-bond donors (Lipinski definition) is 1. The normalized spacial score (nSPS) is 18.6. The molecule has 1 fully saturated rings. The number of sulfonamides is 2. The van der Waals surface area contributed by atoms with E-state index in [1.807, 2.05) is 0 Å². The van der Waals surface area contributed by atoms with E-state index in [4.69, 9.17) is 16.3 Å². The summed E-state index contributed by atoms with van der Waals surface area (Å²) in [7, 11) is -7.32. The third-order valence-corrected chi connectivity index (χ3v) is 7.99. The molecule has 1 aliphatic rings. The largest absolute Gasteiger partial charge is 0.496 e. The predicted molar refractivity (Wildman–Crippen MR) is 111 cm³/mol. The quantitative estimate of drug-likeness (QED) is 0.575. The highest BCUT2D eigenvalue weighted by Gasteiger charge is 2.44. The lowest BCUT2D eigenvalue weighted by Gasteiger charge is -2.39. The van der Waals surface area contributed by atoms with Crippen LogP contribution in [0.15, 0.2) is 18.2 Å². The van der Waals surface area contributed by atoms with Crippen molar-refractivity contribution in [2.24, 2.45) is 0 Å². The van der Waals surface area contributed by atoms with Gasteiger partial charge in [0, 0.05) is 14.9 Å². The van der Waals surface area contributed by atoms with Crippen molar-refractivity contribution in [3.8, 4) is 5.75 Å². The molecule has 0 saturated carbocycles. The fraction of sp³-hybridized carbons (Fsp3) is 0.588. The summed E-state index contributed by atoms with van der Waals surface area (Å²) >= 11 is 5.96. The Balaban J connectivity index is 2.70. The van der Waals surface area contributed by atoms with Crippen LogP contribution in [-0.2, 0) is 20.0 Å². The van der Waals surface area contributed by atoms with E-state index in [0.29, 0.717) is 24.4 Å². The molecule has 2 rings (SSSR count). The summed E-state index contributed by atoms with van der Waals surface area (Å²) in [4.78, 5) is 13.5. The number of carbonyl (C=O) groups is 1. The van der Waals surface area contributed by atoms with Crippen LogP contribution in [0, 0.1) is 0 Å². The van der Waals surface area contributed by atoms with Gasteiger partial charge >= 0.3 is 0 Å². The Labute approximate surface area is 177 Å². The van der Waals surface area contributed by atoms with Crippen LogP contribution in [0.4, 0.5) is 0 Å². The average molecular weight is 468 g/mol. The van der Waals surface area contributed by atoms with Crippen LogP contribution in [-0.4, -0.2) is 69.8 Å². The Hall–Kier alpha value is -1.40. The molecule has 12 heteroatoms. The molecule has 0 aromatic heterocycles. The summed E-state index contributed by atoms with van der Waals surface area (Å²) in [5.74, 6) is -0.696. The molecule has 1 saturated heterocycles. The summed E-state index contributed by atoms with van der Waals surface area (Å²) in [5.41, 5.74) is 0.00523. The van der Waals surface area contributed by atoms with Gasteiger partial charge in [-0.05, 0) is 44.0 Å². The van der Waals surface area contributed by atoms with E-state index < -0.39 is 32.0 Å². The Morgan fingerprint density at radius 1 is 1.28 bits per heavy atom. The molecule has 0 spiro atoms. The first-order valence-corrected chi connectivity index (χ1v) is 13.1. The van der Waals surface area contributed by atoms with E-state index in [1.54, 1.807) is 6.92 Å². The smallest absolute Gasteiger partial charge is 0.273 e. The van der Waals surface area contributed by atoms with Crippen LogP contribution in [0.5, 0.6) is 5.75 Å². The number of hydrazine groups is 1. The van der Waals surface area contributed by atoms with E-state index in [9.17, 15) is 21.6 Å². The fourth-order valence-corrected chi connectivity index (χ4v) is 6.70. The second-order valence-electron chi connectivity index (χ2n) is 6.88. The molecule has 2 atom stereocenters. The van der Waals surface area contributed by atoms with Gasteiger partial charge in [-0.15, -0.1) is 0 Å². The second-order valence-corrected chi connectivity index (χ2v) is 11.2. The highest BCUT2D eigenvalue weighted by Crippen LogP contribution is 2.29. The van der Waals surface area contributed by atoms with Crippen molar-refractivity contribution >= 4 is 37.6 Å². The number of methoxy groups -OCH3 is 1. The minimum absolute atomic E-state index is 0.00523. The zero-order chi connectivity index (χ0) is 22.0. The Kier molecular flexibility index (Phi) is 7.55. The third kappa shape index (κ3) is 5.40. The standard InChI is InChI=1S/C17H26ClN3O6S2/c1-5-15(14-7-6-10-19-14)20(21(28(3,23)24)29(4,25)26)17(22)13-9-8-12(18)11-16(13)27-2/h8-9,11,14-15,19H,5-7,10H2,1-4H3. The molecule has 1 aromatic carbocycles. The van der Waals surface area contributed by atoms with E-state index >= 15 is 0 Å². The van der Waals surface area contributed by atoms with Gasteiger partial charge in [-0.25, -0.2) is 21.8 Å². The summed E-state index contributed by atoms with van der Waals surface area (Å²) in [6, 6.07) is 3.28. The lowest BCUT2D eigenvalue weighted by atomic mass is 10.0. The van der Waals surface area contributed by atoms with Crippen molar-refractivity contribution in [2.45, 2.75) is 38.3 Å². The number of nitrogens with one attached hydrogen (secondary N) is 1.